The molecular weight excluding hydrogens is 578 g/mol. The molecular formula is C34H30F2N6O3. The van der Waals surface area contributed by atoms with E-state index in [9.17, 15) is 9.18 Å². The van der Waals surface area contributed by atoms with E-state index in [0.717, 1.165) is 18.5 Å². The molecule has 1 amide bonds. The molecule has 1 aliphatic heterocycles. The van der Waals surface area contributed by atoms with Crippen molar-refractivity contribution in [2.24, 2.45) is 0 Å². The van der Waals surface area contributed by atoms with Crippen molar-refractivity contribution in [3.05, 3.63) is 104 Å². The lowest BCUT2D eigenvalue weighted by atomic mass is 10.0. The summed E-state index contributed by atoms with van der Waals surface area (Å²) in [7, 11) is 1.59. The van der Waals surface area contributed by atoms with E-state index in [1.54, 1.807) is 60.7 Å². The van der Waals surface area contributed by atoms with Crippen molar-refractivity contribution >= 4 is 34.0 Å². The van der Waals surface area contributed by atoms with Gasteiger partial charge >= 0.3 is 0 Å². The predicted octanol–water partition coefficient (Wildman–Crippen LogP) is 7.10. The number of hydrogen-bond donors (Lipinski definition) is 2. The number of piperidine rings is 1. The number of carbonyl (C=O) groups excluding carboxylic acids is 1. The summed E-state index contributed by atoms with van der Waals surface area (Å²) in [4.78, 5) is 26.8. The average Bonchev–Trinajstić information content (AvgIpc) is 3.06. The molecule has 6 rings (SSSR count). The van der Waals surface area contributed by atoms with Crippen LogP contribution in [0.1, 0.15) is 12.8 Å². The summed E-state index contributed by atoms with van der Waals surface area (Å²) in [5.41, 5.74) is 2.69. The first-order valence-corrected chi connectivity index (χ1v) is 14.4. The van der Waals surface area contributed by atoms with E-state index in [0.29, 0.717) is 52.6 Å². The van der Waals surface area contributed by atoms with Gasteiger partial charge in [0.25, 0.3) is 0 Å². The molecule has 11 heteroatoms. The fourth-order valence-corrected chi connectivity index (χ4v) is 5.26. The Bertz CT molecular complexity index is 1880. The fourth-order valence-electron chi connectivity index (χ4n) is 5.26. The number of likely N-dealkylation sites (tertiary alicyclic amines) is 1. The molecule has 0 saturated carbocycles. The maximum Gasteiger partial charge on any atom is 0.245 e. The lowest BCUT2D eigenvalue weighted by Gasteiger charge is -2.32. The number of carbonyl (C=O) groups is 1. The van der Waals surface area contributed by atoms with E-state index in [1.807, 2.05) is 6.07 Å². The third-order valence-corrected chi connectivity index (χ3v) is 7.58. The highest BCUT2D eigenvalue weighted by molar-refractivity contribution is 5.95. The molecule has 228 valence electrons. The molecule has 0 radical (unpaired) electrons. The number of nitrogens with one attached hydrogen (secondary N) is 2. The first-order chi connectivity index (χ1) is 21.9. The van der Waals surface area contributed by atoms with Crippen LogP contribution >= 0.6 is 0 Å². The van der Waals surface area contributed by atoms with Gasteiger partial charge in [0.15, 0.2) is 0 Å². The maximum atomic E-state index is 15.3. The van der Waals surface area contributed by atoms with Gasteiger partial charge in [0.05, 0.1) is 29.7 Å². The van der Waals surface area contributed by atoms with Gasteiger partial charge in [-0.1, -0.05) is 18.7 Å². The van der Waals surface area contributed by atoms with Gasteiger partial charge in [-0.2, -0.15) is 0 Å². The van der Waals surface area contributed by atoms with E-state index < -0.39 is 5.82 Å². The summed E-state index contributed by atoms with van der Waals surface area (Å²) in [5.74, 6) is 0.750. The summed E-state index contributed by atoms with van der Waals surface area (Å²) in [6.07, 6.45) is 5.82. The predicted molar refractivity (Wildman–Crippen MR) is 169 cm³/mol. The Hall–Kier alpha value is -5.58. The number of benzene rings is 3. The van der Waals surface area contributed by atoms with Crippen LogP contribution in [0.2, 0.25) is 0 Å². The summed E-state index contributed by atoms with van der Waals surface area (Å²) in [6.45, 7) is 4.83. The monoisotopic (exact) mass is 608 g/mol. The molecule has 0 unspecified atom stereocenters. The Labute approximate surface area is 258 Å². The van der Waals surface area contributed by atoms with Crippen LogP contribution in [0.25, 0.3) is 22.2 Å². The highest BCUT2D eigenvalue weighted by Gasteiger charge is 2.23. The van der Waals surface area contributed by atoms with Gasteiger partial charge in [-0.25, -0.2) is 18.7 Å². The number of halogens is 2. The quantitative estimate of drug-likeness (QED) is 0.171. The number of amides is 1. The molecule has 3 aromatic carbocycles. The van der Waals surface area contributed by atoms with Crippen LogP contribution in [0.3, 0.4) is 0 Å². The number of nitrogens with zero attached hydrogens (tertiary/aromatic N) is 4. The molecule has 2 N–H and O–H groups in total. The van der Waals surface area contributed by atoms with Crippen LogP contribution in [0.5, 0.6) is 17.2 Å². The van der Waals surface area contributed by atoms with Crippen molar-refractivity contribution in [2.75, 3.05) is 30.8 Å². The molecule has 3 heterocycles. The van der Waals surface area contributed by atoms with Gasteiger partial charge < -0.3 is 25.0 Å². The molecule has 1 fully saturated rings. The number of hydrogen-bond acceptors (Lipinski definition) is 8. The highest BCUT2D eigenvalue weighted by atomic mass is 19.1. The molecule has 5 aromatic rings. The molecule has 9 nitrogen and oxygen atoms in total. The standard InChI is InChI=1S/C34H30F2N6O3/c1-3-33(43)42-13-10-23(11-14-42)40-31-18-26-30(19-32(31)44-2)38-20-39-34(26)41-28-8-7-24(16-27(28)36)45-25-9-12-37-29(17-25)21-5-4-6-22(35)15-21/h3-9,12,15-20,23,40H,1,10-11,13-14H2,2H3,(H,38,39,41). The first-order valence-electron chi connectivity index (χ1n) is 14.4. The summed E-state index contributed by atoms with van der Waals surface area (Å²) in [5, 5.41) is 7.29. The Morgan fingerprint density at radius 1 is 0.978 bits per heavy atom. The van der Waals surface area contributed by atoms with Crippen molar-refractivity contribution < 1.29 is 23.0 Å². The molecule has 0 spiro atoms. The summed E-state index contributed by atoms with van der Waals surface area (Å²) >= 11 is 0. The second kappa shape index (κ2) is 13.0. The number of methoxy groups -OCH3 is 1. The van der Waals surface area contributed by atoms with Gasteiger partial charge in [0.1, 0.15) is 41.0 Å². The van der Waals surface area contributed by atoms with Gasteiger partial charge in [0.2, 0.25) is 5.91 Å². The number of rotatable bonds is 9. The van der Waals surface area contributed by atoms with Gasteiger partial charge in [0, 0.05) is 54.5 Å². The number of ether oxygens (including phenoxy) is 2. The van der Waals surface area contributed by atoms with Crippen molar-refractivity contribution in [3.63, 3.8) is 0 Å². The minimum Gasteiger partial charge on any atom is -0.495 e. The van der Waals surface area contributed by atoms with Crippen molar-refractivity contribution in [3.8, 4) is 28.5 Å². The first kappa shape index (κ1) is 29.5. The van der Waals surface area contributed by atoms with E-state index in [-0.39, 0.29) is 29.2 Å². The zero-order chi connectivity index (χ0) is 31.3. The molecule has 1 aliphatic rings. The van der Waals surface area contributed by atoms with E-state index in [4.69, 9.17) is 9.47 Å². The summed E-state index contributed by atoms with van der Waals surface area (Å²) in [6, 6.07) is 17.7. The van der Waals surface area contributed by atoms with Crippen molar-refractivity contribution in [1.29, 1.82) is 0 Å². The third kappa shape index (κ3) is 6.67. The normalized spacial score (nSPS) is 13.4. The minimum atomic E-state index is -0.550. The smallest absolute Gasteiger partial charge is 0.245 e. The Morgan fingerprint density at radius 3 is 2.56 bits per heavy atom. The lowest BCUT2D eigenvalue weighted by Crippen LogP contribution is -2.41. The van der Waals surface area contributed by atoms with Crippen LogP contribution in [0.15, 0.2) is 91.9 Å². The Balaban J connectivity index is 1.20. The van der Waals surface area contributed by atoms with E-state index in [1.165, 1.54) is 30.6 Å². The lowest BCUT2D eigenvalue weighted by molar-refractivity contribution is -0.126. The van der Waals surface area contributed by atoms with Crippen LogP contribution in [-0.4, -0.2) is 52.0 Å². The van der Waals surface area contributed by atoms with Gasteiger partial charge in [-0.3, -0.25) is 9.78 Å². The molecule has 0 bridgehead atoms. The second-order valence-corrected chi connectivity index (χ2v) is 10.5. The van der Waals surface area contributed by atoms with Gasteiger partial charge in [-0.05, 0) is 55.3 Å². The number of pyridine rings is 1. The average molecular weight is 609 g/mol. The third-order valence-electron chi connectivity index (χ3n) is 7.58. The van der Waals surface area contributed by atoms with Crippen molar-refractivity contribution in [1.82, 2.24) is 19.9 Å². The highest BCUT2D eigenvalue weighted by Crippen LogP contribution is 2.35. The number of anilines is 3. The SMILES string of the molecule is C=CC(=O)N1CCC(Nc2cc3c(Nc4ccc(Oc5ccnc(-c6cccc(F)c6)c5)cc4F)ncnc3cc2OC)CC1. The number of fused-ring (bicyclic) bond motifs is 1. The second-order valence-electron chi connectivity index (χ2n) is 10.5. The van der Waals surface area contributed by atoms with Crippen LogP contribution < -0.4 is 20.1 Å². The maximum absolute atomic E-state index is 15.3. The topological polar surface area (TPSA) is 102 Å². The molecule has 45 heavy (non-hydrogen) atoms. The molecule has 1 saturated heterocycles. The van der Waals surface area contributed by atoms with Crippen LogP contribution in [0.4, 0.5) is 26.0 Å². The molecule has 2 aromatic heterocycles. The largest absolute Gasteiger partial charge is 0.495 e. The zero-order valence-corrected chi connectivity index (χ0v) is 24.5. The Kier molecular flexibility index (Phi) is 8.50. The minimum absolute atomic E-state index is 0.0659. The van der Waals surface area contributed by atoms with Crippen LogP contribution in [0, 0.1) is 11.6 Å². The number of aromatic nitrogens is 3. The summed E-state index contributed by atoms with van der Waals surface area (Å²) < 4.78 is 40.5. The van der Waals surface area contributed by atoms with Crippen molar-refractivity contribution in [2.45, 2.75) is 18.9 Å². The van der Waals surface area contributed by atoms with Gasteiger partial charge in [-0.15, -0.1) is 0 Å². The zero-order valence-electron chi connectivity index (χ0n) is 24.5. The fraction of sp³-hybridized carbons (Fsp3) is 0.176. The molecule has 0 aliphatic carbocycles. The Morgan fingerprint density at radius 2 is 1.80 bits per heavy atom. The van der Waals surface area contributed by atoms with Crippen LogP contribution in [-0.2, 0) is 4.79 Å². The molecule has 0 atom stereocenters. The van der Waals surface area contributed by atoms with E-state index >= 15 is 4.39 Å². The van der Waals surface area contributed by atoms with E-state index in [2.05, 4.69) is 32.2 Å².